The van der Waals surface area contributed by atoms with Crippen molar-refractivity contribution in [1.29, 1.82) is 0 Å². The molecule has 0 amide bonds. The molecule has 185 valence electrons. The van der Waals surface area contributed by atoms with Crippen molar-refractivity contribution in [2.75, 3.05) is 0 Å². The zero-order valence-electron chi connectivity index (χ0n) is 20.8. The van der Waals surface area contributed by atoms with Gasteiger partial charge in [0.2, 0.25) is 0 Å². The van der Waals surface area contributed by atoms with Gasteiger partial charge in [-0.25, -0.2) is 4.39 Å². The summed E-state index contributed by atoms with van der Waals surface area (Å²) in [5, 5.41) is 2.31. The van der Waals surface area contributed by atoms with Crippen LogP contribution < -0.4 is 11.5 Å². The van der Waals surface area contributed by atoms with Gasteiger partial charge >= 0.3 is 0 Å². The fraction of sp³-hybridized carbons (Fsp3) is 0.147. The van der Waals surface area contributed by atoms with E-state index in [1.165, 1.54) is 6.07 Å². The average Bonchev–Trinajstić information content (AvgIpc) is 2.95. The number of benzene rings is 5. The highest BCUT2D eigenvalue weighted by Gasteiger charge is 2.33. The maximum atomic E-state index is 14.6. The van der Waals surface area contributed by atoms with E-state index >= 15 is 0 Å². The topological polar surface area (TPSA) is 52.0 Å². The van der Waals surface area contributed by atoms with Crippen LogP contribution in [0.2, 0.25) is 0 Å². The Morgan fingerprint density at radius 2 is 1.27 bits per heavy atom. The monoisotopic (exact) mass is 487 g/mol. The van der Waals surface area contributed by atoms with Gasteiger partial charge in [0.05, 0.1) is 0 Å². The number of nitrogens with two attached hydrogens (primary N) is 2. The Morgan fingerprint density at radius 3 is 2.00 bits per heavy atom. The maximum absolute atomic E-state index is 14.6. The largest absolute Gasteiger partial charge is 0.324 e. The molecule has 0 heterocycles. The van der Waals surface area contributed by atoms with Gasteiger partial charge in [-0.3, -0.25) is 0 Å². The van der Waals surface area contributed by atoms with Crippen LogP contribution in [-0.2, 0) is 0 Å². The summed E-state index contributed by atoms with van der Waals surface area (Å²) in [5.74, 6) is 0.671. The molecule has 3 heteroatoms. The maximum Gasteiger partial charge on any atom is 0.123 e. The molecule has 37 heavy (non-hydrogen) atoms. The molecular weight excluding hydrogens is 455 g/mol. The van der Waals surface area contributed by atoms with Crippen molar-refractivity contribution in [3.8, 4) is 0 Å². The van der Waals surface area contributed by atoms with Gasteiger partial charge in [-0.15, -0.1) is 0 Å². The molecule has 1 radical (unpaired) electrons. The van der Waals surface area contributed by atoms with Gasteiger partial charge in [0.15, 0.2) is 0 Å². The normalized spacial score (nSPS) is 13.9. The Kier molecular flexibility index (Phi) is 7.74. The van der Waals surface area contributed by atoms with Crippen molar-refractivity contribution < 1.29 is 4.39 Å². The molecule has 3 unspecified atom stereocenters. The average molecular weight is 488 g/mol. The van der Waals surface area contributed by atoms with Crippen molar-refractivity contribution in [2.24, 2.45) is 11.5 Å². The van der Waals surface area contributed by atoms with Crippen LogP contribution in [-0.4, -0.2) is 0 Å². The Morgan fingerprint density at radius 1 is 0.649 bits per heavy atom. The smallest absolute Gasteiger partial charge is 0.123 e. The highest BCUT2D eigenvalue weighted by atomic mass is 19.1. The second-order valence-electron chi connectivity index (χ2n) is 9.57. The van der Waals surface area contributed by atoms with Gasteiger partial charge in [0.25, 0.3) is 0 Å². The minimum atomic E-state index is -0.321. The van der Waals surface area contributed by atoms with Crippen LogP contribution in [0.15, 0.2) is 127 Å². The Bertz CT molecular complexity index is 1430. The molecule has 0 saturated carbocycles. The zero-order chi connectivity index (χ0) is 25.6. The summed E-state index contributed by atoms with van der Waals surface area (Å²) >= 11 is 0. The summed E-state index contributed by atoms with van der Waals surface area (Å²) in [4.78, 5) is 0. The van der Waals surface area contributed by atoms with Crippen LogP contribution in [0.1, 0.15) is 53.1 Å². The molecule has 0 aliphatic rings. The van der Waals surface area contributed by atoms with Gasteiger partial charge < -0.3 is 11.5 Å². The minimum Gasteiger partial charge on any atom is -0.324 e. The molecule has 0 aliphatic heterocycles. The predicted octanol–water partition coefficient (Wildman–Crippen LogP) is 7.87. The van der Waals surface area contributed by atoms with Crippen LogP contribution in [0.3, 0.4) is 0 Å². The van der Waals surface area contributed by atoms with Crippen LogP contribution in [0.4, 0.5) is 4.39 Å². The zero-order valence-corrected chi connectivity index (χ0v) is 20.8. The molecule has 5 rings (SSSR count). The van der Waals surface area contributed by atoms with Crippen molar-refractivity contribution in [3.63, 3.8) is 0 Å². The van der Waals surface area contributed by atoms with E-state index in [1.807, 2.05) is 48.5 Å². The minimum absolute atomic E-state index is 0.133. The summed E-state index contributed by atoms with van der Waals surface area (Å²) in [6.07, 6.45) is 1.41. The first-order chi connectivity index (χ1) is 18.1. The number of hydrogen-bond donors (Lipinski definition) is 2. The fourth-order valence-corrected chi connectivity index (χ4v) is 5.33. The Hall–Kier alpha value is -3.79. The molecule has 0 bridgehead atoms. The first-order valence-corrected chi connectivity index (χ1v) is 12.8. The van der Waals surface area contributed by atoms with Crippen LogP contribution in [0.5, 0.6) is 0 Å². The molecule has 5 aromatic rings. The van der Waals surface area contributed by atoms with E-state index in [1.54, 1.807) is 12.1 Å². The fourth-order valence-electron chi connectivity index (χ4n) is 5.33. The molecular formula is C34H32FN2. The van der Waals surface area contributed by atoms with E-state index in [2.05, 4.69) is 60.7 Å². The highest BCUT2D eigenvalue weighted by molar-refractivity contribution is 5.86. The van der Waals surface area contributed by atoms with Gasteiger partial charge in [0, 0.05) is 23.9 Å². The number of halogens is 1. The van der Waals surface area contributed by atoms with Gasteiger partial charge in [-0.1, -0.05) is 115 Å². The van der Waals surface area contributed by atoms with Gasteiger partial charge in [-0.2, -0.15) is 0 Å². The lowest BCUT2D eigenvalue weighted by molar-refractivity contribution is 0.520. The quantitative estimate of drug-likeness (QED) is 0.222. The third-order valence-corrected chi connectivity index (χ3v) is 7.23. The van der Waals surface area contributed by atoms with Crippen LogP contribution >= 0.6 is 0 Å². The Labute approximate surface area is 218 Å². The van der Waals surface area contributed by atoms with Crippen molar-refractivity contribution >= 4 is 10.8 Å². The van der Waals surface area contributed by atoms with Crippen molar-refractivity contribution in [1.82, 2.24) is 0 Å². The second kappa shape index (κ2) is 11.5. The van der Waals surface area contributed by atoms with Crippen LogP contribution in [0, 0.1) is 11.7 Å². The summed E-state index contributed by atoms with van der Waals surface area (Å²) in [6.45, 7) is 0. The first kappa shape index (κ1) is 24.9. The molecule has 0 fully saturated rings. The summed E-state index contributed by atoms with van der Waals surface area (Å²) in [7, 11) is 0. The van der Waals surface area contributed by atoms with Crippen molar-refractivity contribution in [3.05, 3.63) is 161 Å². The van der Waals surface area contributed by atoms with E-state index < -0.39 is 0 Å². The summed E-state index contributed by atoms with van der Waals surface area (Å²) in [5.41, 5.74) is 17.9. The third kappa shape index (κ3) is 5.64. The molecule has 0 aromatic heterocycles. The number of hydrogen-bond acceptors (Lipinski definition) is 2. The van der Waals surface area contributed by atoms with E-state index in [9.17, 15) is 4.39 Å². The van der Waals surface area contributed by atoms with Crippen LogP contribution in [0.25, 0.3) is 10.8 Å². The lowest BCUT2D eigenvalue weighted by Crippen LogP contribution is -2.27. The third-order valence-electron chi connectivity index (χ3n) is 7.23. The molecule has 0 spiro atoms. The first-order valence-electron chi connectivity index (χ1n) is 12.8. The lowest BCUT2D eigenvalue weighted by atomic mass is 9.71. The molecule has 3 atom stereocenters. The van der Waals surface area contributed by atoms with E-state index in [0.717, 1.165) is 45.4 Å². The predicted molar refractivity (Wildman–Crippen MR) is 151 cm³/mol. The Balaban J connectivity index is 1.63. The highest BCUT2D eigenvalue weighted by Crippen LogP contribution is 2.45. The summed E-state index contributed by atoms with van der Waals surface area (Å²) in [6, 6.07) is 41.5. The molecule has 0 aliphatic carbocycles. The molecule has 2 nitrogen and oxygen atoms in total. The molecule has 4 N–H and O–H groups in total. The molecule has 0 saturated heterocycles. The number of fused-ring (bicyclic) bond motifs is 1. The van der Waals surface area contributed by atoms with Gasteiger partial charge in [0.1, 0.15) is 5.82 Å². The standard InChI is InChI=1S/C34H32FN2/c35-28-18-9-17-27(23-28)30(21-22-32(36)25-12-3-1-4-13-25)33(34(37)26-14-5-2-6-15-26)31-20-10-16-24-11-7-8-19-29(24)31/h1-20,23,32-34H,21-22,36-37H2. The van der Waals surface area contributed by atoms with E-state index in [-0.39, 0.29) is 23.8 Å². The number of rotatable bonds is 9. The second-order valence-corrected chi connectivity index (χ2v) is 9.57. The van der Waals surface area contributed by atoms with Crippen molar-refractivity contribution in [2.45, 2.75) is 30.8 Å². The lowest BCUT2D eigenvalue weighted by Gasteiger charge is -2.34. The van der Waals surface area contributed by atoms with E-state index in [4.69, 9.17) is 11.5 Å². The summed E-state index contributed by atoms with van der Waals surface area (Å²) < 4.78 is 14.6. The SMILES string of the molecule is NC(CC[C](c1cccc(F)c1)C(c1cccc2ccccc12)C(N)c1ccccc1)c1ccccc1. The van der Waals surface area contributed by atoms with E-state index in [0.29, 0.717) is 6.42 Å². The molecule has 5 aromatic carbocycles. The van der Waals surface area contributed by atoms with Gasteiger partial charge in [-0.05, 0) is 58.0 Å².